The van der Waals surface area contributed by atoms with Crippen LogP contribution in [0.25, 0.3) is 5.69 Å². The number of rotatable bonds is 7. The second kappa shape index (κ2) is 9.33. The molecule has 0 saturated carbocycles. The number of hydrogen-bond acceptors (Lipinski definition) is 5. The molecule has 3 rings (SSSR count). The van der Waals surface area contributed by atoms with Crippen molar-refractivity contribution in [3.05, 3.63) is 82.4 Å². The van der Waals surface area contributed by atoms with Crippen LogP contribution in [0, 0.1) is 11.6 Å². The molecule has 150 valence electrons. The number of amides is 1. The highest BCUT2D eigenvalue weighted by Gasteiger charge is 2.11. The summed E-state index contributed by atoms with van der Waals surface area (Å²) in [5.74, 6) is -1.66. The lowest BCUT2D eigenvalue weighted by molar-refractivity contribution is -0.118. The Hall–Kier alpha value is -3.20. The molecule has 0 spiro atoms. The molecule has 1 aromatic heterocycles. The molecule has 0 saturated heterocycles. The molecule has 0 aliphatic rings. The number of nitrogens with zero attached hydrogens (tertiary/aromatic N) is 2. The standard InChI is InChI=1S/C20H17F2N3O3S/c1-28-15-4-2-3-13(9-15)11-24-18(26)12-29-19-20(27)25(8-7-23-19)14-5-6-16(21)17(22)10-14/h2-10H,11-12H2,1H3,(H,24,26). The Morgan fingerprint density at radius 2 is 2.03 bits per heavy atom. The van der Waals surface area contributed by atoms with E-state index in [2.05, 4.69) is 10.3 Å². The van der Waals surface area contributed by atoms with Gasteiger partial charge >= 0.3 is 0 Å². The summed E-state index contributed by atoms with van der Waals surface area (Å²) in [4.78, 5) is 28.6. The molecule has 3 aromatic rings. The molecule has 0 bridgehead atoms. The Kier molecular flexibility index (Phi) is 6.61. The molecule has 0 unspecified atom stereocenters. The van der Waals surface area contributed by atoms with Gasteiger partial charge in [-0.1, -0.05) is 23.9 Å². The predicted octanol–water partition coefficient (Wildman–Crippen LogP) is 2.93. The van der Waals surface area contributed by atoms with Crippen molar-refractivity contribution in [3.8, 4) is 11.4 Å². The van der Waals surface area contributed by atoms with Gasteiger partial charge < -0.3 is 10.1 Å². The normalized spacial score (nSPS) is 10.6. The van der Waals surface area contributed by atoms with Gasteiger partial charge in [0.2, 0.25) is 5.91 Å². The van der Waals surface area contributed by atoms with Gasteiger partial charge in [0.15, 0.2) is 16.7 Å². The molecule has 9 heteroatoms. The monoisotopic (exact) mass is 417 g/mol. The number of ether oxygens (including phenoxy) is 1. The van der Waals surface area contributed by atoms with Crippen molar-refractivity contribution < 1.29 is 18.3 Å². The van der Waals surface area contributed by atoms with E-state index in [0.29, 0.717) is 12.3 Å². The first kappa shape index (κ1) is 20.5. The molecular weight excluding hydrogens is 400 g/mol. The number of hydrogen-bond donors (Lipinski definition) is 1. The third kappa shape index (κ3) is 5.20. The average molecular weight is 417 g/mol. The van der Waals surface area contributed by atoms with Crippen molar-refractivity contribution in [2.45, 2.75) is 11.6 Å². The van der Waals surface area contributed by atoms with E-state index in [9.17, 15) is 18.4 Å². The molecule has 1 amide bonds. The maximum atomic E-state index is 13.5. The van der Waals surface area contributed by atoms with E-state index >= 15 is 0 Å². The lowest BCUT2D eigenvalue weighted by Gasteiger charge is -2.08. The predicted molar refractivity (Wildman–Crippen MR) is 105 cm³/mol. The van der Waals surface area contributed by atoms with Crippen molar-refractivity contribution in [2.24, 2.45) is 0 Å². The van der Waals surface area contributed by atoms with E-state index in [0.717, 1.165) is 34.0 Å². The molecule has 1 N–H and O–H groups in total. The van der Waals surface area contributed by atoms with E-state index in [1.165, 1.54) is 18.5 Å². The first-order chi connectivity index (χ1) is 14.0. The summed E-state index contributed by atoms with van der Waals surface area (Å²) in [5.41, 5.74) is 0.519. The highest BCUT2D eigenvalue weighted by atomic mass is 32.2. The van der Waals surface area contributed by atoms with Crippen LogP contribution in [-0.2, 0) is 11.3 Å². The van der Waals surface area contributed by atoms with Crippen LogP contribution in [0.1, 0.15) is 5.56 Å². The zero-order chi connectivity index (χ0) is 20.8. The molecule has 1 heterocycles. The van der Waals surface area contributed by atoms with Crippen molar-refractivity contribution in [1.29, 1.82) is 0 Å². The van der Waals surface area contributed by atoms with Gasteiger partial charge in [-0.15, -0.1) is 0 Å². The molecule has 2 aromatic carbocycles. The minimum atomic E-state index is -1.06. The van der Waals surface area contributed by atoms with Crippen LogP contribution in [0.5, 0.6) is 5.75 Å². The Morgan fingerprint density at radius 3 is 2.79 bits per heavy atom. The summed E-state index contributed by atoms with van der Waals surface area (Å²) in [6.45, 7) is 0.317. The van der Waals surface area contributed by atoms with Gasteiger partial charge in [0.05, 0.1) is 18.6 Å². The maximum Gasteiger partial charge on any atom is 0.287 e. The van der Waals surface area contributed by atoms with Crippen molar-refractivity contribution >= 4 is 17.7 Å². The number of aromatic nitrogens is 2. The van der Waals surface area contributed by atoms with Crippen molar-refractivity contribution in [1.82, 2.24) is 14.9 Å². The Morgan fingerprint density at radius 1 is 1.21 bits per heavy atom. The van der Waals surface area contributed by atoms with Crippen LogP contribution >= 0.6 is 11.8 Å². The number of nitrogens with one attached hydrogen (secondary N) is 1. The van der Waals surface area contributed by atoms with Gasteiger partial charge in [-0.25, -0.2) is 13.8 Å². The van der Waals surface area contributed by atoms with E-state index in [1.807, 2.05) is 18.2 Å². The fraction of sp³-hybridized carbons (Fsp3) is 0.150. The van der Waals surface area contributed by atoms with Gasteiger partial charge in [0.1, 0.15) is 5.75 Å². The second-order valence-electron chi connectivity index (χ2n) is 5.92. The summed E-state index contributed by atoms with van der Waals surface area (Å²) in [7, 11) is 1.56. The fourth-order valence-corrected chi connectivity index (χ4v) is 3.23. The molecule has 0 atom stereocenters. The van der Waals surface area contributed by atoms with Crippen molar-refractivity contribution in [2.75, 3.05) is 12.9 Å². The number of halogens is 2. The smallest absolute Gasteiger partial charge is 0.287 e. The Bertz CT molecular complexity index is 1090. The summed E-state index contributed by atoms with van der Waals surface area (Å²) >= 11 is 0.965. The first-order valence-corrected chi connectivity index (χ1v) is 9.52. The highest BCUT2D eigenvalue weighted by molar-refractivity contribution is 7.99. The van der Waals surface area contributed by atoms with Gasteiger partial charge in [0.25, 0.3) is 5.56 Å². The van der Waals surface area contributed by atoms with Crippen molar-refractivity contribution in [3.63, 3.8) is 0 Å². The van der Waals surface area contributed by atoms with Crippen LogP contribution in [0.4, 0.5) is 8.78 Å². The quantitative estimate of drug-likeness (QED) is 0.599. The van der Waals surface area contributed by atoms with Gasteiger partial charge in [-0.3, -0.25) is 14.2 Å². The SMILES string of the molecule is COc1cccc(CNC(=O)CSc2nccn(-c3ccc(F)c(F)c3)c2=O)c1. The zero-order valence-electron chi connectivity index (χ0n) is 15.4. The topological polar surface area (TPSA) is 73.2 Å². The lowest BCUT2D eigenvalue weighted by atomic mass is 10.2. The minimum absolute atomic E-state index is 0.0198. The summed E-state index contributed by atoms with van der Waals surface area (Å²) in [6.07, 6.45) is 2.71. The third-order valence-corrected chi connectivity index (χ3v) is 4.91. The van der Waals surface area contributed by atoms with Crippen LogP contribution in [0.2, 0.25) is 0 Å². The van der Waals surface area contributed by atoms with Crippen LogP contribution in [0.3, 0.4) is 0 Å². The van der Waals surface area contributed by atoms with Crippen LogP contribution in [-0.4, -0.2) is 28.3 Å². The Balaban J connectivity index is 1.64. The number of carbonyl (C=O) groups excluding carboxylic acids is 1. The van der Waals surface area contributed by atoms with Crippen LogP contribution in [0.15, 0.2) is 64.7 Å². The van der Waals surface area contributed by atoms with E-state index in [4.69, 9.17) is 4.74 Å². The summed E-state index contributed by atoms with van der Waals surface area (Å²) in [5, 5.41) is 2.83. The summed E-state index contributed by atoms with van der Waals surface area (Å²) < 4.78 is 32.8. The van der Waals surface area contributed by atoms with E-state index < -0.39 is 17.2 Å². The maximum absolute atomic E-state index is 13.5. The zero-order valence-corrected chi connectivity index (χ0v) is 16.2. The highest BCUT2D eigenvalue weighted by Crippen LogP contribution is 2.15. The van der Waals surface area contributed by atoms with Gasteiger partial charge in [-0.05, 0) is 29.8 Å². The van der Waals surface area contributed by atoms with Gasteiger partial charge in [0, 0.05) is 25.0 Å². The largest absolute Gasteiger partial charge is 0.497 e. The molecule has 0 fully saturated rings. The second-order valence-corrected chi connectivity index (χ2v) is 6.89. The number of benzene rings is 2. The summed E-state index contributed by atoms with van der Waals surface area (Å²) in [6, 6.07) is 10.4. The molecule has 0 aliphatic carbocycles. The first-order valence-electron chi connectivity index (χ1n) is 8.53. The van der Waals surface area contributed by atoms with E-state index in [1.54, 1.807) is 13.2 Å². The Labute approximate surface area is 169 Å². The number of carbonyl (C=O) groups is 1. The molecule has 6 nitrogen and oxygen atoms in total. The average Bonchev–Trinajstić information content (AvgIpc) is 2.73. The molecule has 29 heavy (non-hydrogen) atoms. The third-order valence-electron chi connectivity index (χ3n) is 3.95. The van der Waals surface area contributed by atoms with E-state index in [-0.39, 0.29) is 22.4 Å². The minimum Gasteiger partial charge on any atom is -0.497 e. The van der Waals surface area contributed by atoms with Crippen LogP contribution < -0.4 is 15.6 Å². The number of thioether (sulfide) groups is 1. The lowest BCUT2D eigenvalue weighted by Crippen LogP contribution is -2.26. The van der Waals surface area contributed by atoms with Gasteiger partial charge in [-0.2, -0.15) is 0 Å². The molecule has 0 aliphatic heterocycles. The molecular formula is C20H17F2N3O3S. The fourth-order valence-electron chi connectivity index (χ4n) is 2.50. The molecule has 0 radical (unpaired) electrons. The number of methoxy groups -OCH3 is 1.